The number of hydrogen-bond acceptors (Lipinski definition) is 6. The lowest BCUT2D eigenvalue weighted by molar-refractivity contribution is 0.137. The van der Waals surface area contributed by atoms with Crippen molar-refractivity contribution in [1.82, 2.24) is 10.2 Å². The van der Waals surface area contributed by atoms with Gasteiger partial charge in [-0.25, -0.2) is 0 Å². The number of nitrogens with zero attached hydrogens (tertiary/aromatic N) is 2. The van der Waals surface area contributed by atoms with Crippen LogP contribution in [0.15, 0.2) is 4.34 Å². The second-order valence-electron chi connectivity index (χ2n) is 3.41. The first-order chi connectivity index (χ1) is 6.75. The summed E-state index contributed by atoms with van der Waals surface area (Å²) in [4.78, 5) is 0. The maximum Gasteiger partial charge on any atom is 0.203 e. The molecule has 0 radical (unpaired) electrons. The van der Waals surface area contributed by atoms with Crippen LogP contribution in [0.1, 0.15) is 25.7 Å². The summed E-state index contributed by atoms with van der Waals surface area (Å²) in [6.45, 7) is 0. The van der Waals surface area contributed by atoms with E-state index in [2.05, 4.69) is 10.2 Å². The summed E-state index contributed by atoms with van der Waals surface area (Å²) in [7, 11) is 0. The number of anilines is 1. The van der Waals surface area contributed by atoms with Crippen LogP contribution < -0.4 is 5.73 Å². The van der Waals surface area contributed by atoms with Crippen LogP contribution in [-0.4, -0.2) is 26.7 Å². The van der Waals surface area contributed by atoms with Gasteiger partial charge in [0.05, 0.1) is 6.10 Å². The Hall–Kier alpha value is -0.330. The third kappa shape index (κ3) is 2.37. The highest BCUT2D eigenvalue weighted by Crippen LogP contribution is 2.35. The highest BCUT2D eigenvalue weighted by atomic mass is 32.2. The van der Waals surface area contributed by atoms with Crippen LogP contribution in [0.4, 0.5) is 5.13 Å². The second kappa shape index (κ2) is 4.46. The highest BCUT2D eigenvalue weighted by molar-refractivity contribution is 8.01. The lowest BCUT2D eigenvalue weighted by atomic mass is 9.97. The van der Waals surface area contributed by atoms with E-state index in [0.29, 0.717) is 5.13 Å². The predicted octanol–water partition coefficient (Wildman–Crippen LogP) is 1.52. The van der Waals surface area contributed by atoms with Gasteiger partial charge in [0, 0.05) is 5.25 Å². The third-order valence-corrected chi connectivity index (χ3v) is 4.56. The van der Waals surface area contributed by atoms with Crippen LogP contribution in [0.5, 0.6) is 0 Å². The van der Waals surface area contributed by atoms with Crippen molar-refractivity contribution in [2.24, 2.45) is 0 Å². The Morgan fingerprint density at radius 3 is 2.79 bits per heavy atom. The zero-order valence-corrected chi connectivity index (χ0v) is 9.35. The molecule has 1 aromatic heterocycles. The van der Waals surface area contributed by atoms with Gasteiger partial charge in [-0.1, -0.05) is 35.9 Å². The number of nitrogen functional groups attached to an aromatic ring is 1. The number of rotatable bonds is 2. The van der Waals surface area contributed by atoms with Crippen LogP contribution in [0.25, 0.3) is 0 Å². The fourth-order valence-electron chi connectivity index (χ4n) is 1.61. The molecule has 0 spiro atoms. The van der Waals surface area contributed by atoms with Crippen molar-refractivity contribution in [2.45, 2.75) is 41.4 Å². The average molecular weight is 231 g/mol. The molecule has 78 valence electrons. The second-order valence-corrected chi connectivity index (χ2v) is 5.91. The Bertz CT molecular complexity index is 305. The molecule has 3 N–H and O–H groups in total. The molecule has 0 bridgehead atoms. The monoisotopic (exact) mass is 231 g/mol. The van der Waals surface area contributed by atoms with Gasteiger partial charge < -0.3 is 10.8 Å². The van der Waals surface area contributed by atoms with Crippen LogP contribution in [0, 0.1) is 0 Å². The molecule has 4 nitrogen and oxygen atoms in total. The van der Waals surface area contributed by atoms with E-state index in [4.69, 9.17) is 5.73 Å². The van der Waals surface area contributed by atoms with Gasteiger partial charge >= 0.3 is 0 Å². The van der Waals surface area contributed by atoms with Crippen LogP contribution in [0.3, 0.4) is 0 Å². The van der Waals surface area contributed by atoms with Crippen molar-refractivity contribution in [3.63, 3.8) is 0 Å². The molecular weight excluding hydrogens is 218 g/mol. The van der Waals surface area contributed by atoms with E-state index in [-0.39, 0.29) is 11.4 Å². The first kappa shape index (κ1) is 10.2. The van der Waals surface area contributed by atoms with E-state index in [1.54, 1.807) is 11.8 Å². The van der Waals surface area contributed by atoms with E-state index >= 15 is 0 Å². The molecule has 1 heterocycles. The van der Waals surface area contributed by atoms with Crippen molar-refractivity contribution in [3.8, 4) is 0 Å². The number of aliphatic hydroxyl groups is 1. The van der Waals surface area contributed by atoms with E-state index in [0.717, 1.165) is 23.6 Å². The molecule has 1 aliphatic carbocycles. The number of aliphatic hydroxyl groups excluding tert-OH is 1. The first-order valence-corrected chi connectivity index (χ1v) is 6.39. The standard InChI is InChI=1S/C8H13N3OS2/c9-7-10-11-8(14-7)13-6-4-2-1-3-5(6)12/h5-6,12H,1-4H2,(H2,9,10)/t5-,6-/m0/s1. The molecule has 1 fully saturated rings. The lowest BCUT2D eigenvalue weighted by Crippen LogP contribution is -2.26. The van der Waals surface area contributed by atoms with Crippen molar-refractivity contribution in [3.05, 3.63) is 0 Å². The SMILES string of the molecule is Nc1nnc(S[C@H]2CCCC[C@@H]2O)s1. The summed E-state index contributed by atoms with van der Waals surface area (Å²) in [5.74, 6) is 0. The minimum Gasteiger partial charge on any atom is -0.392 e. The van der Waals surface area contributed by atoms with Crippen molar-refractivity contribution in [1.29, 1.82) is 0 Å². The molecule has 0 unspecified atom stereocenters. The Labute approximate surface area is 90.9 Å². The normalized spacial score (nSPS) is 27.8. The summed E-state index contributed by atoms with van der Waals surface area (Å²) in [5.41, 5.74) is 5.49. The van der Waals surface area contributed by atoms with Gasteiger partial charge in [0.25, 0.3) is 0 Å². The van der Waals surface area contributed by atoms with Crippen molar-refractivity contribution in [2.75, 3.05) is 5.73 Å². The molecule has 1 saturated carbocycles. The number of thioether (sulfide) groups is 1. The summed E-state index contributed by atoms with van der Waals surface area (Å²) < 4.78 is 0.869. The van der Waals surface area contributed by atoms with Gasteiger partial charge in [0.2, 0.25) is 5.13 Å². The number of nitrogens with two attached hydrogens (primary N) is 1. The number of hydrogen-bond donors (Lipinski definition) is 2. The average Bonchev–Trinajstić information content (AvgIpc) is 2.56. The molecule has 2 rings (SSSR count). The third-order valence-electron chi connectivity index (χ3n) is 2.34. The van der Waals surface area contributed by atoms with E-state index in [1.165, 1.54) is 17.8 Å². The molecule has 1 aromatic rings. The fourth-order valence-corrected chi connectivity index (χ4v) is 3.70. The smallest absolute Gasteiger partial charge is 0.203 e. The lowest BCUT2D eigenvalue weighted by Gasteiger charge is -2.25. The minimum absolute atomic E-state index is 0.195. The molecule has 2 atom stereocenters. The van der Waals surface area contributed by atoms with Crippen LogP contribution in [-0.2, 0) is 0 Å². The van der Waals surface area contributed by atoms with Crippen molar-refractivity contribution >= 4 is 28.2 Å². The van der Waals surface area contributed by atoms with Gasteiger partial charge in [0.15, 0.2) is 4.34 Å². The molecular formula is C8H13N3OS2. The maximum atomic E-state index is 9.74. The zero-order chi connectivity index (χ0) is 9.97. The molecule has 0 aromatic carbocycles. The van der Waals surface area contributed by atoms with Crippen LogP contribution >= 0.6 is 23.1 Å². The van der Waals surface area contributed by atoms with Gasteiger partial charge in [-0.2, -0.15) is 0 Å². The molecule has 6 heteroatoms. The summed E-state index contributed by atoms with van der Waals surface area (Å²) in [5, 5.41) is 18.2. The zero-order valence-electron chi connectivity index (χ0n) is 7.72. The van der Waals surface area contributed by atoms with Gasteiger partial charge in [-0.05, 0) is 12.8 Å². The maximum absolute atomic E-state index is 9.74. The highest BCUT2D eigenvalue weighted by Gasteiger charge is 2.25. The fraction of sp³-hybridized carbons (Fsp3) is 0.750. The Morgan fingerprint density at radius 1 is 1.36 bits per heavy atom. The molecule has 0 saturated heterocycles. The molecule has 0 aliphatic heterocycles. The largest absolute Gasteiger partial charge is 0.392 e. The Kier molecular flexibility index (Phi) is 3.25. The topological polar surface area (TPSA) is 72.0 Å². The van der Waals surface area contributed by atoms with Gasteiger partial charge in [0.1, 0.15) is 0 Å². The summed E-state index contributed by atoms with van der Waals surface area (Å²) >= 11 is 3.00. The number of aromatic nitrogens is 2. The van der Waals surface area contributed by atoms with Gasteiger partial charge in [-0.3, -0.25) is 0 Å². The molecule has 0 amide bonds. The predicted molar refractivity (Wildman–Crippen MR) is 58.4 cm³/mol. The summed E-state index contributed by atoms with van der Waals surface area (Å²) in [6, 6.07) is 0. The van der Waals surface area contributed by atoms with E-state index in [9.17, 15) is 5.11 Å². The quantitative estimate of drug-likeness (QED) is 0.807. The van der Waals surface area contributed by atoms with Crippen LogP contribution in [0.2, 0.25) is 0 Å². The summed E-state index contributed by atoms with van der Waals surface area (Å²) in [6.07, 6.45) is 4.11. The van der Waals surface area contributed by atoms with Crippen molar-refractivity contribution < 1.29 is 5.11 Å². The minimum atomic E-state index is -0.195. The Balaban J connectivity index is 1.95. The molecule has 1 aliphatic rings. The molecule has 14 heavy (non-hydrogen) atoms. The first-order valence-electron chi connectivity index (χ1n) is 4.69. The Morgan fingerprint density at radius 2 is 2.14 bits per heavy atom. The van der Waals surface area contributed by atoms with E-state index < -0.39 is 0 Å². The van der Waals surface area contributed by atoms with E-state index in [1.807, 2.05) is 0 Å². The van der Waals surface area contributed by atoms with Gasteiger partial charge in [-0.15, -0.1) is 10.2 Å².